The van der Waals surface area contributed by atoms with Crippen LogP contribution in [0.5, 0.6) is 0 Å². The van der Waals surface area contributed by atoms with Crippen LogP contribution in [0.3, 0.4) is 0 Å². The lowest BCUT2D eigenvalue weighted by Crippen LogP contribution is -2.49. The van der Waals surface area contributed by atoms with E-state index in [0.29, 0.717) is 13.1 Å². The van der Waals surface area contributed by atoms with Crippen LogP contribution in [0.1, 0.15) is 16.7 Å². The van der Waals surface area contributed by atoms with Gasteiger partial charge in [0.1, 0.15) is 0 Å². The molecule has 0 bridgehead atoms. The van der Waals surface area contributed by atoms with E-state index >= 15 is 0 Å². The lowest BCUT2D eigenvalue weighted by Gasteiger charge is -2.33. The number of aryl methyl sites for hydroxylation is 1. The van der Waals surface area contributed by atoms with E-state index in [-0.39, 0.29) is 5.91 Å². The number of benzene rings is 2. The normalized spacial score (nSPS) is 15.9. The molecule has 4 nitrogen and oxygen atoms in total. The molecule has 0 radical (unpaired) electrons. The van der Waals surface area contributed by atoms with Crippen molar-refractivity contribution in [3.8, 4) is 0 Å². The molecular formula is C23H29N3O. The molecule has 2 aromatic rings. The zero-order chi connectivity index (χ0) is 18.9. The third-order valence-corrected chi connectivity index (χ3v) is 4.92. The Bertz CT molecular complexity index is 732. The summed E-state index contributed by atoms with van der Waals surface area (Å²) in [5.74, 6) is 0.105. The minimum Gasteiger partial charge on any atom is -0.351 e. The summed E-state index contributed by atoms with van der Waals surface area (Å²) in [6.07, 6.45) is 4.39. The van der Waals surface area contributed by atoms with Crippen LogP contribution in [0.25, 0.3) is 6.08 Å². The van der Waals surface area contributed by atoms with E-state index in [0.717, 1.165) is 38.3 Å². The second kappa shape index (κ2) is 10.0. The minimum atomic E-state index is 0.105. The predicted octanol–water partition coefficient (Wildman–Crippen LogP) is 2.94. The number of nitrogens with zero attached hydrogens (tertiary/aromatic N) is 2. The highest BCUT2D eigenvalue weighted by atomic mass is 16.2. The highest BCUT2D eigenvalue weighted by Crippen LogP contribution is 2.05. The van der Waals surface area contributed by atoms with E-state index in [1.54, 1.807) is 0 Å². The van der Waals surface area contributed by atoms with Crippen molar-refractivity contribution in [1.29, 1.82) is 0 Å². The van der Waals surface area contributed by atoms with Crippen LogP contribution in [0.4, 0.5) is 0 Å². The Kier molecular flexibility index (Phi) is 7.19. The highest BCUT2D eigenvalue weighted by molar-refractivity contribution is 5.78. The second-order valence-corrected chi connectivity index (χ2v) is 7.15. The summed E-state index contributed by atoms with van der Waals surface area (Å²) < 4.78 is 0. The van der Waals surface area contributed by atoms with Crippen molar-refractivity contribution in [3.05, 3.63) is 77.4 Å². The molecule has 27 heavy (non-hydrogen) atoms. The molecule has 1 aliphatic heterocycles. The monoisotopic (exact) mass is 363 g/mol. The van der Waals surface area contributed by atoms with Crippen molar-refractivity contribution in [2.75, 3.05) is 39.3 Å². The Morgan fingerprint density at radius 1 is 0.963 bits per heavy atom. The van der Waals surface area contributed by atoms with E-state index in [4.69, 9.17) is 0 Å². The van der Waals surface area contributed by atoms with Crippen molar-refractivity contribution in [3.63, 3.8) is 0 Å². The van der Waals surface area contributed by atoms with Gasteiger partial charge in [0, 0.05) is 39.3 Å². The largest absolute Gasteiger partial charge is 0.351 e. The number of piperazine rings is 1. The quantitative estimate of drug-likeness (QED) is 0.822. The first kappa shape index (κ1) is 19.3. The van der Waals surface area contributed by atoms with Gasteiger partial charge in [-0.3, -0.25) is 14.6 Å². The van der Waals surface area contributed by atoms with Gasteiger partial charge >= 0.3 is 0 Å². The van der Waals surface area contributed by atoms with Crippen LogP contribution in [-0.4, -0.2) is 55.0 Å². The van der Waals surface area contributed by atoms with Gasteiger partial charge in [0.05, 0.1) is 6.54 Å². The number of hydrogen-bond donors (Lipinski definition) is 1. The summed E-state index contributed by atoms with van der Waals surface area (Å²) in [7, 11) is 0. The van der Waals surface area contributed by atoms with Crippen LogP contribution < -0.4 is 5.32 Å². The van der Waals surface area contributed by atoms with Gasteiger partial charge in [-0.1, -0.05) is 72.3 Å². The Labute approximate surface area is 162 Å². The molecule has 0 saturated carbocycles. The van der Waals surface area contributed by atoms with E-state index in [1.165, 1.54) is 11.1 Å². The lowest BCUT2D eigenvalue weighted by molar-refractivity contribution is -0.122. The number of hydrogen-bond acceptors (Lipinski definition) is 3. The van der Waals surface area contributed by atoms with Gasteiger partial charge < -0.3 is 5.32 Å². The molecule has 1 aliphatic rings. The van der Waals surface area contributed by atoms with Crippen LogP contribution in [0.2, 0.25) is 0 Å². The molecule has 1 N–H and O–H groups in total. The van der Waals surface area contributed by atoms with Gasteiger partial charge in [0.2, 0.25) is 5.91 Å². The van der Waals surface area contributed by atoms with Crippen molar-refractivity contribution in [1.82, 2.24) is 15.1 Å². The molecule has 1 fully saturated rings. The number of nitrogens with one attached hydrogen (secondary N) is 1. The fourth-order valence-electron chi connectivity index (χ4n) is 3.20. The first-order valence-corrected chi connectivity index (χ1v) is 9.67. The van der Waals surface area contributed by atoms with Gasteiger partial charge in [-0.05, 0) is 18.1 Å². The van der Waals surface area contributed by atoms with Gasteiger partial charge in [0.15, 0.2) is 0 Å². The summed E-state index contributed by atoms with van der Waals surface area (Å²) in [4.78, 5) is 16.9. The maximum absolute atomic E-state index is 12.2. The molecule has 1 heterocycles. The van der Waals surface area contributed by atoms with Crippen molar-refractivity contribution in [2.24, 2.45) is 0 Å². The molecule has 142 valence electrons. The van der Waals surface area contributed by atoms with Crippen LogP contribution in [0.15, 0.2) is 60.7 Å². The van der Waals surface area contributed by atoms with Gasteiger partial charge in [-0.2, -0.15) is 0 Å². The van der Waals surface area contributed by atoms with E-state index < -0.39 is 0 Å². The Balaban J connectivity index is 1.33. The van der Waals surface area contributed by atoms with E-state index in [1.807, 2.05) is 6.07 Å². The molecule has 2 aromatic carbocycles. The predicted molar refractivity (Wildman–Crippen MR) is 111 cm³/mol. The summed E-state index contributed by atoms with van der Waals surface area (Å²) in [6.45, 7) is 8.01. The SMILES string of the molecule is Cc1ccc(CNC(=O)CN2CCN(C/C=C/c3ccccc3)CC2)cc1. The first-order valence-electron chi connectivity index (χ1n) is 9.67. The van der Waals surface area contributed by atoms with Crippen molar-refractivity contribution >= 4 is 12.0 Å². The van der Waals surface area contributed by atoms with Crippen molar-refractivity contribution < 1.29 is 4.79 Å². The average molecular weight is 364 g/mol. The number of amides is 1. The Hall–Kier alpha value is -2.43. The molecule has 0 aliphatic carbocycles. The van der Waals surface area contributed by atoms with Gasteiger partial charge in [-0.25, -0.2) is 0 Å². The minimum absolute atomic E-state index is 0.105. The summed E-state index contributed by atoms with van der Waals surface area (Å²) in [5.41, 5.74) is 3.62. The summed E-state index contributed by atoms with van der Waals surface area (Å²) in [6, 6.07) is 18.7. The molecule has 1 amide bonds. The van der Waals surface area contributed by atoms with Crippen LogP contribution >= 0.6 is 0 Å². The third kappa shape index (κ3) is 6.66. The average Bonchev–Trinajstić information content (AvgIpc) is 2.70. The smallest absolute Gasteiger partial charge is 0.234 e. The fraction of sp³-hybridized carbons (Fsp3) is 0.348. The molecule has 0 atom stereocenters. The third-order valence-electron chi connectivity index (χ3n) is 4.92. The Morgan fingerprint density at radius 2 is 1.63 bits per heavy atom. The zero-order valence-corrected chi connectivity index (χ0v) is 16.1. The topological polar surface area (TPSA) is 35.6 Å². The molecule has 0 aromatic heterocycles. The molecule has 3 rings (SSSR count). The molecule has 0 spiro atoms. The van der Waals surface area contributed by atoms with Crippen molar-refractivity contribution in [2.45, 2.75) is 13.5 Å². The van der Waals surface area contributed by atoms with Crippen LogP contribution in [-0.2, 0) is 11.3 Å². The summed E-state index contributed by atoms with van der Waals surface area (Å²) in [5, 5.41) is 3.02. The second-order valence-electron chi connectivity index (χ2n) is 7.15. The number of rotatable bonds is 7. The van der Waals surface area contributed by atoms with E-state index in [9.17, 15) is 4.79 Å². The highest BCUT2D eigenvalue weighted by Gasteiger charge is 2.17. The maximum Gasteiger partial charge on any atom is 0.234 e. The van der Waals surface area contributed by atoms with Crippen LogP contribution in [0, 0.1) is 6.92 Å². The zero-order valence-electron chi connectivity index (χ0n) is 16.1. The standard InChI is InChI=1S/C23H29N3O/c1-20-9-11-22(12-10-20)18-24-23(27)19-26-16-14-25(15-17-26)13-5-8-21-6-3-2-4-7-21/h2-12H,13-19H2,1H3,(H,24,27)/b8-5+. The molecule has 1 saturated heterocycles. The van der Waals surface area contributed by atoms with E-state index in [2.05, 4.69) is 82.7 Å². The molecule has 0 unspecified atom stereocenters. The maximum atomic E-state index is 12.2. The lowest BCUT2D eigenvalue weighted by atomic mass is 10.1. The molecular weight excluding hydrogens is 334 g/mol. The van der Waals surface area contributed by atoms with Gasteiger partial charge in [-0.15, -0.1) is 0 Å². The first-order chi connectivity index (χ1) is 13.2. The fourth-order valence-corrected chi connectivity index (χ4v) is 3.20. The summed E-state index contributed by atoms with van der Waals surface area (Å²) >= 11 is 0. The van der Waals surface area contributed by atoms with Gasteiger partial charge in [0.25, 0.3) is 0 Å². The molecule has 4 heteroatoms. The number of carbonyl (C=O) groups is 1. The Morgan fingerprint density at radius 3 is 2.33 bits per heavy atom. The number of carbonyl (C=O) groups excluding carboxylic acids is 1.